The van der Waals surface area contributed by atoms with Crippen LogP contribution in [0.3, 0.4) is 0 Å². The number of aliphatic hydroxyl groups is 1. The second-order valence-corrected chi connectivity index (χ2v) is 8.20. The minimum absolute atomic E-state index is 0.0455. The first-order chi connectivity index (χ1) is 13.2. The fraction of sp³-hybridized carbons (Fsp3) is 0.875. The van der Waals surface area contributed by atoms with Crippen molar-refractivity contribution in [3.8, 4) is 0 Å². The number of carbonyl (C=O) groups excluding carboxylic acids is 1. The zero-order valence-corrected chi connectivity index (χ0v) is 17.8. The van der Waals surface area contributed by atoms with Crippen LogP contribution in [0.15, 0.2) is 12.2 Å². The average molecular weight is 381 g/mol. The predicted molar refractivity (Wildman–Crippen MR) is 114 cm³/mol. The minimum atomic E-state index is -0.206. The van der Waals surface area contributed by atoms with Gasteiger partial charge < -0.3 is 9.84 Å². The van der Waals surface area contributed by atoms with Gasteiger partial charge in [0.1, 0.15) is 0 Å². The number of unbranched alkanes of at least 4 members (excludes halogenated alkanes) is 10. The molecule has 0 saturated heterocycles. The van der Waals surface area contributed by atoms with Crippen LogP contribution < -0.4 is 0 Å². The van der Waals surface area contributed by atoms with Crippen LogP contribution in [0, 0.1) is 5.92 Å². The molecule has 158 valence electrons. The molecule has 1 aliphatic carbocycles. The van der Waals surface area contributed by atoms with Gasteiger partial charge in [-0.25, -0.2) is 0 Å². The summed E-state index contributed by atoms with van der Waals surface area (Å²) in [4.78, 5) is 11.2. The van der Waals surface area contributed by atoms with Crippen molar-refractivity contribution in [2.24, 2.45) is 5.92 Å². The molecule has 0 aliphatic heterocycles. The van der Waals surface area contributed by atoms with Crippen molar-refractivity contribution in [2.45, 2.75) is 122 Å². The highest BCUT2D eigenvalue weighted by molar-refractivity contribution is 5.69. The lowest BCUT2D eigenvalue weighted by molar-refractivity contribution is -0.143. The second kappa shape index (κ2) is 17.3. The predicted octanol–water partition coefficient (Wildman–Crippen LogP) is 6.73. The monoisotopic (exact) mass is 380 g/mol. The first-order valence-electron chi connectivity index (χ1n) is 11.7. The lowest BCUT2D eigenvalue weighted by atomic mass is 9.85. The van der Waals surface area contributed by atoms with Crippen molar-refractivity contribution in [1.29, 1.82) is 0 Å². The summed E-state index contributed by atoms with van der Waals surface area (Å²) in [5, 5.41) is 10.2. The van der Waals surface area contributed by atoms with Crippen molar-refractivity contribution >= 4 is 5.97 Å². The lowest BCUT2D eigenvalue weighted by Crippen LogP contribution is -2.20. The van der Waals surface area contributed by atoms with Crippen LogP contribution in [-0.4, -0.2) is 23.8 Å². The van der Waals surface area contributed by atoms with Crippen LogP contribution in [0.1, 0.15) is 116 Å². The van der Waals surface area contributed by atoms with E-state index in [2.05, 4.69) is 12.2 Å². The Hall–Kier alpha value is -0.830. The highest BCUT2D eigenvalue weighted by atomic mass is 16.5. The molecular weight excluding hydrogens is 336 g/mol. The zero-order chi connectivity index (χ0) is 19.6. The Morgan fingerprint density at radius 3 is 2.07 bits per heavy atom. The molecule has 0 aromatic heterocycles. The highest BCUT2D eigenvalue weighted by Crippen LogP contribution is 2.27. The fourth-order valence-electron chi connectivity index (χ4n) is 4.05. The summed E-state index contributed by atoms with van der Waals surface area (Å²) in [5.74, 6) is 0.469. The molecule has 3 heteroatoms. The normalized spacial score (nSPS) is 16.7. The molecule has 0 spiro atoms. The van der Waals surface area contributed by atoms with Gasteiger partial charge in [0, 0.05) is 6.42 Å². The van der Waals surface area contributed by atoms with E-state index in [1.165, 1.54) is 83.5 Å². The number of hydrogen-bond acceptors (Lipinski definition) is 3. The molecule has 3 nitrogen and oxygen atoms in total. The maximum atomic E-state index is 11.2. The summed E-state index contributed by atoms with van der Waals surface area (Å²) in [6.45, 7) is 2.36. The van der Waals surface area contributed by atoms with Crippen LogP contribution in [0.5, 0.6) is 0 Å². The number of aliphatic hydroxyl groups excluding tert-OH is 1. The molecule has 1 N–H and O–H groups in total. The van der Waals surface area contributed by atoms with Crippen molar-refractivity contribution in [3.05, 3.63) is 12.2 Å². The van der Waals surface area contributed by atoms with E-state index < -0.39 is 0 Å². The van der Waals surface area contributed by atoms with Gasteiger partial charge in [-0.3, -0.25) is 4.79 Å². The summed E-state index contributed by atoms with van der Waals surface area (Å²) < 4.78 is 4.93. The number of carbonyl (C=O) groups is 1. The molecule has 1 saturated carbocycles. The van der Waals surface area contributed by atoms with Crippen LogP contribution in [0.4, 0.5) is 0 Å². The Balaban J connectivity index is 1.80. The third-order valence-corrected chi connectivity index (χ3v) is 5.77. The number of rotatable bonds is 16. The molecule has 1 fully saturated rings. The standard InChI is InChI=1S/C24H44O3/c1-2-27-24(26)21-17-12-10-8-6-4-3-5-7-9-11-16-20-23(25)22-18-14-13-15-19-22/h16,20,22-23,25H,2-15,17-19,21H2,1H3. The van der Waals surface area contributed by atoms with Gasteiger partial charge in [0.25, 0.3) is 0 Å². The van der Waals surface area contributed by atoms with Crippen LogP contribution >= 0.6 is 0 Å². The Kier molecular flexibility index (Phi) is 15.5. The minimum Gasteiger partial charge on any atom is -0.466 e. The smallest absolute Gasteiger partial charge is 0.305 e. The molecule has 0 amide bonds. The van der Waals surface area contributed by atoms with E-state index in [1.807, 2.05) is 6.92 Å². The van der Waals surface area contributed by atoms with E-state index in [4.69, 9.17) is 4.74 Å². The third-order valence-electron chi connectivity index (χ3n) is 5.77. The van der Waals surface area contributed by atoms with Crippen molar-refractivity contribution in [3.63, 3.8) is 0 Å². The van der Waals surface area contributed by atoms with E-state index in [1.54, 1.807) is 0 Å². The Bertz CT molecular complexity index is 372. The van der Waals surface area contributed by atoms with E-state index in [0.717, 1.165) is 19.3 Å². The van der Waals surface area contributed by atoms with Crippen LogP contribution in [0.2, 0.25) is 0 Å². The number of esters is 1. The summed E-state index contributed by atoms with van der Waals surface area (Å²) in [7, 11) is 0. The molecule has 27 heavy (non-hydrogen) atoms. The highest BCUT2D eigenvalue weighted by Gasteiger charge is 2.19. The Morgan fingerprint density at radius 1 is 0.926 bits per heavy atom. The van der Waals surface area contributed by atoms with Crippen molar-refractivity contribution in [1.82, 2.24) is 0 Å². The molecule has 0 aromatic rings. The van der Waals surface area contributed by atoms with Gasteiger partial charge in [-0.05, 0) is 44.9 Å². The van der Waals surface area contributed by atoms with E-state index in [-0.39, 0.29) is 12.1 Å². The number of allylic oxidation sites excluding steroid dienone is 1. The summed E-state index contributed by atoms with van der Waals surface area (Å²) in [6.07, 6.45) is 24.7. The Labute approximate surface area is 168 Å². The molecule has 1 unspecified atom stereocenters. The van der Waals surface area contributed by atoms with Gasteiger partial charge in [0.05, 0.1) is 12.7 Å². The van der Waals surface area contributed by atoms with Gasteiger partial charge in [-0.2, -0.15) is 0 Å². The summed E-state index contributed by atoms with van der Waals surface area (Å²) in [6, 6.07) is 0. The first-order valence-corrected chi connectivity index (χ1v) is 11.7. The van der Waals surface area contributed by atoms with E-state index in [9.17, 15) is 9.90 Å². The molecule has 0 radical (unpaired) electrons. The Morgan fingerprint density at radius 2 is 1.48 bits per heavy atom. The largest absolute Gasteiger partial charge is 0.466 e. The molecule has 1 rings (SSSR count). The average Bonchev–Trinajstić information content (AvgIpc) is 2.69. The lowest BCUT2D eigenvalue weighted by Gasteiger charge is -2.24. The van der Waals surface area contributed by atoms with Crippen LogP contribution in [0.25, 0.3) is 0 Å². The van der Waals surface area contributed by atoms with Crippen molar-refractivity contribution < 1.29 is 14.6 Å². The summed E-state index contributed by atoms with van der Waals surface area (Å²) >= 11 is 0. The quantitative estimate of drug-likeness (QED) is 0.183. The maximum Gasteiger partial charge on any atom is 0.305 e. The molecule has 0 heterocycles. The zero-order valence-electron chi connectivity index (χ0n) is 17.8. The third kappa shape index (κ3) is 13.9. The molecule has 0 bridgehead atoms. The molecule has 1 aliphatic rings. The van der Waals surface area contributed by atoms with E-state index in [0.29, 0.717) is 18.9 Å². The van der Waals surface area contributed by atoms with Gasteiger partial charge in [-0.1, -0.05) is 82.8 Å². The second-order valence-electron chi connectivity index (χ2n) is 8.20. The molecule has 1 atom stereocenters. The topological polar surface area (TPSA) is 46.5 Å². The molecule has 0 aromatic carbocycles. The van der Waals surface area contributed by atoms with Gasteiger partial charge in [-0.15, -0.1) is 0 Å². The SMILES string of the molecule is CCOC(=O)CCCCCCCCCCCCC=CC(O)C1CCCCC1. The number of hydrogen-bond donors (Lipinski definition) is 1. The van der Waals surface area contributed by atoms with Gasteiger partial charge in [0.2, 0.25) is 0 Å². The first kappa shape index (κ1) is 24.2. The summed E-state index contributed by atoms with van der Waals surface area (Å²) in [5.41, 5.74) is 0. The van der Waals surface area contributed by atoms with Gasteiger partial charge >= 0.3 is 5.97 Å². The molecular formula is C24H44O3. The van der Waals surface area contributed by atoms with Gasteiger partial charge in [0.15, 0.2) is 0 Å². The fourth-order valence-corrected chi connectivity index (χ4v) is 4.05. The number of ether oxygens (including phenoxy) is 1. The maximum absolute atomic E-state index is 11.2. The van der Waals surface area contributed by atoms with Crippen molar-refractivity contribution in [2.75, 3.05) is 6.61 Å². The van der Waals surface area contributed by atoms with E-state index >= 15 is 0 Å². The van der Waals surface area contributed by atoms with Crippen LogP contribution in [-0.2, 0) is 9.53 Å².